The molecule has 34 heavy (non-hydrogen) atoms. The van der Waals surface area contributed by atoms with Gasteiger partial charge in [0.25, 0.3) is 5.69 Å². The first-order chi connectivity index (χ1) is 16.4. The molecular formula is C26H24N4O4. The molecule has 0 fully saturated rings. The number of Topliss-reactive ketones (excluding diaryl/α,β-unsaturated/α-hetero) is 1. The predicted molar refractivity (Wildman–Crippen MR) is 128 cm³/mol. The number of ether oxygens (including phenoxy) is 1. The largest absolute Gasteiger partial charge is 0.490 e. The number of anilines is 1. The molecule has 4 rings (SSSR count). The average Bonchev–Trinajstić information content (AvgIpc) is 2.83. The molecule has 2 aliphatic rings. The minimum atomic E-state index is -0.614. The van der Waals surface area contributed by atoms with E-state index in [-0.39, 0.29) is 22.9 Å². The summed E-state index contributed by atoms with van der Waals surface area (Å²) in [7, 11) is 0. The van der Waals surface area contributed by atoms with Gasteiger partial charge in [-0.25, -0.2) is 0 Å². The third kappa shape index (κ3) is 3.92. The minimum absolute atomic E-state index is 0.0495. The van der Waals surface area contributed by atoms with Crippen molar-refractivity contribution in [3.05, 3.63) is 99.0 Å². The van der Waals surface area contributed by atoms with Gasteiger partial charge in [-0.15, -0.1) is 0 Å². The Morgan fingerprint density at radius 2 is 2.03 bits per heavy atom. The van der Waals surface area contributed by atoms with Crippen molar-refractivity contribution >= 4 is 17.2 Å². The van der Waals surface area contributed by atoms with E-state index in [1.54, 1.807) is 29.2 Å². The fourth-order valence-corrected chi connectivity index (χ4v) is 4.56. The summed E-state index contributed by atoms with van der Waals surface area (Å²) >= 11 is 0. The summed E-state index contributed by atoms with van der Waals surface area (Å²) in [4.78, 5) is 25.8. The third-order valence-corrected chi connectivity index (χ3v) is 6.14. The molecule has 8 heteroatoms. The molecule has 1 heterocycles. The molecule has 8 nitrogen and oxygen atoms in total. The van der Waals surface area contributed by atoms with Gasteiger partial charge < -0.3 is 10.5 Å². The second-order valence-corrected chi connectivity index (χ2v) is 8.21. The average molecular weight is 457 g/mol. The van der Waals surface area contributed by atoms with E-state index in [1.165, 1.54) is 12.1 Å². The fraction of sp³-hybridized carbons (Fsp3) is 0.231. The van der Waals surface area contributed by atoms with Gasteiger partial charge in [0.05, 0.1) is 28.2 Å². The van der Waals surface area contributed by atoms with Crippen molar-refractivity contribution in [3.8, 4) is 11.8 Å². The van der Waals surface area contributed by atoms with E-state index in [9.17, 15) is 20.2 Å². The number of hydrogen-bond acceptors (Lipinski definition) is 7. The summed E-state index contributed by atoms with van der Waals surface area (Å²) in [5.41, 5.74) is 9.91. The minimum Gasteiger partial charge on any atom is -0.490 e. The van der Waals surface area contributed by atoms with Crippen LogP contribution < -0.4 is 15.4 Å². The fourth-order valence-electron chi connectivity index (χ4n) is 4.56. The molecule has 172 valence electrons. The van der Waals surface area contributed by atoms with Gasteiger partial charge in [0, 0.05) is 29.8 Å². The van der Waals surface area contributed by atoms with Crippen molar-refractivity contribution in [2.24, 2.45) is 5.73 Å². The van der Waals surface area contributed by atoms with Gasteiger partial charge in [-0.1, -0.05) is 30.9 Å². The number of nitrogens with two attached hydrogens (primary N) is 1. The van der Waals surface area contributed by atoms with Crippen LogP contribution in [0.4, 0.5) is 11.4 Å². The van der Waals surface area contributed by atoms with Crippen LogP contribution in [0.3, 0.4) is 0 Å². The monoisotopic (exact) mass is 456 g/mol. The summed E-state index contributed by atoms with van der Waals surface area (Å²) in [5, 5.41) is 21.5. The molecule has 0 unspecified atom stereocenters. The van der Waals surface area contributed by atoms with Gasteiger partial charge in [-0.05, 0) is 43.0 Å². The van der Waals surface area contributed by atoms with Crippen molar-refractivity contribution in [3.63, 3.8) is 0 Å². The van der Waals surface area contributed by atoms with Gasteiger partial charge in [-0.2, -0.15) is 5.26 Å². The molecule has 1 aliphatic carbocycles. The van der Waals surface area contributed by atoms with Crippen molar-refractivity contribution in [1.29, 1.82) is 5.26 Å². The van der Waals surface area contributed by atoms with E-state index in [2.05, 4.69) is 12.6 Å². The zero-order chi connectivity index (χ0) is 24.4. The number of ketones is 1. The maximum Gasteiger partial charge on any atom is 0.271 e. The number of nitrogens with zero attached hydrogens (tertiary/aromatic N) is 3. The van der Waals surface area contributed by atoms with E-state index in [0.29, 0.717) is 48.6 Å². The molecule has 2 N–H and O–H groups in total. The Kier molecular flexibility index (Phi) is 6.19. The van der Waals surface area contributed by atoms with Crippen molar-refractivity contribution in [1.82, 2.24) is 0 Å². The standard InChI is InChI=1S/C26H24N4O4/c1-3-13-34-19-11-8-17(9-12-19)24-20(15-27)26(28)29(21-5-4-6-23(31)25(21)24)22-14-18(30(32)33)10-7-16(22)2/h3,7-12,14,24H,1,4-6,13,28H2,2H3/t24-/m1/s1. The first-order valence-electron chi connectivity index (χ1n) is 10.9. The number of carbonyl (C=O) groups excluding carboxylic acids is 1. The molecule has 0 amide bonds. The molecule has 0 bridgehead atoms. The van der Waals surface area contributed by atoms with Crippen LogP contribution in [-0.2, 0) is 4.79 Å². The van der Waals surface area contributed by atoms with Crippen molar-refractivity contribution in [2.75, 3.05) is 11.5 Å². The van der Waals surface area contributed by atoms with E-state index >= 15 is 0 Å². The predicted octanol–water partition coefficient (Wildman–Crippen LogP) is 4.77. The van der Waals surface area contributed by atoms with Crippen LogP contribution >= 0.6 is 0 Å². The molecule has 0 saturated carbocycles. The third-order valence-electron chi connectivity index (χ3n) is 6.14. The Hall–Kier alpha value is -4.38. The lowest BCUT2D eigenvalue weighted by Gasteiger charge is -2.40. The highest BCUT2D eigenvalue weighted by atomic mass is 16.6. The highest BCUT2D eigenvalue weighted by Gasteiger charge is 2.40. The lowest BCUT2D eigenvalue weighted by molar-refractivity contribution is -0.384. The van der Waals surface area contributed by atoms with Crippen LogP contribution in [0.25, 0.3) is 0 Å². The Morgan fingerprint density at radius 1 is 1.29 bits per heavy atom. The number of nitro groups is 1. The molecule has 0 saturated heterocycles. The van der Waals surface area contributed by atoms with Crippen LogP contribution in [0.5, 0.6) is 5.75 Å². The normalized spacial score (nSPS) is 17.8. The van der Waals surface area contributed by atoms with Crippen molar-refractivity contribution in [2.45, 2.75) is 32.1 Å². The van der Waals surface area contributed by atoms with E-state index in [4.69, 9.17) is 10.5 Å². The number of hydrogen-bond donors (Lipinski definition) is 1. The number of allylic oxidation sites excluding steroid dienone is 3. The lowest BCUT2D eigenvalue weighted by atomic mass is 9.75. The molecule has 0 spiro atoms. The Labute approximate surface area is 197 Å². The quantitative estimate of drug-likeness (QED) is 0.377. The van der Waals surface area contributed by atoms with Crippen LogP contribution in [0, 0.1) is 28.4 Å². The van der Waals surface area contributed by atoms with Crippen LogP contribution in [-0.4, -0.2) is 17.3 Å². The molecule has 2 aromatic rings. The number of nitro benzene ring substituents is 1. The zero-order valence-electron chi connectivity index (χ0n) is 18.8. The van der Waals surface area contributed by atoms with Gasteiger partial charge in [-0.3, -0.25) is 19.8 Å². The maximum absolute atomic E-state index is 13.2. The lowest BCUT2D eigenvalue weighted by Crippen LogP contribution is -2.39. The first-order valence-corrected chi connectivity index (χ1v) is 10.9. The molecule has 0 aromatic heterocycles. The summed E-state index contributed by atoms with van der Waals surface area (Å²) in [6, 6.07) is 13.9. The zero-order valence-corrected chi connectivity index (χ0v) is 18.8. The molecule has 2 aromatic carbocycles. The van der Waals surface area contributed by atoms with E-state index < -0.39 is 10.8 Å². The van der Waals surface area contributed by atoms with E-state index in [0.717, 1.165) is 11.1 Å². The van der Waals surface area contributed by atoms with Crippen LogP contribution in [0.1, 0.15) is 36.3 Å². The smallest absolute Gasteiger partial charge is 0.271 e. The Bertz CT molecular complexity index is 1280. The molecule has 1 aliphatic heterocycles. The van der Waals surface area contributed by atoms with Gasteiger partial charge in [0.2, 0.25) is 0 Å². The molecule has 1 atom stereocenters. The number of benzene rings is 2. The second kappa shape index (κ2) is 9.24. The number of rotatable bonds is 6. The van der Waals surface area contributed by atoms with Crippen LogP contribution in [0.15, 0.2) is 77.8 Å². The summed E-state index contributed by atoms with van der Waals surface area (Å²) in [6.07, 6.45) is 3.22. The SMILES string of the molecule is C=CCOc1ccc([C@@H]2C(C#N)=C(N)N(c3cc([N+](=O)[O-])ccc3C)C3=C2C(=O)CCC3)cc1. The topological polar surface area (TPSA) is 122 Å². The molecule has 0 radical (unpaired) electrons. The summed E-state index contributed by atoms with van der Waals surface area (Å²) < 4.78 is 5.56. The number of aryl methyl sites for hydroxylation is 1. The first kappa shape index (κ1) is 22.8. The maximum atomic E-state index is 13.2. The number of non-ortho nitro benzene ring substituents is 1. The van der Waals surface area contributed by atoms with Gasteiger partial charge in [0.15, 0.2) is 5.78 Å². The summed E-state index contributed by atoms with van der Waals surface area (Å²) in [6.45, 7) is 5.82. The van der Waals surface area contributed by atoms with Gasteiger partial charge >= 0.3 is 0 Å². The summed E-state index contributed by atoms with van der Waals surface area (Å²) in [5.74, 6) is 0.160. The highest BCUT2D eigenvalue weighted by molar-refractivity contribution is 6.01. The van der Waals surface area contributed by atoms with Gasteiger partial charge in [0.1, 0.15) is 18.2 Å². The second-order valence-electron chi connectivity index (χ2n) is 8.21. The van der Waals surface area contributed by atoms with E-state index in [1.807, 2.05) is 19.1 Å². The Morgan fingerprint density at radius 3 is 2.68 bits per heavy atom. The number of nitriles is 1. The highest BCUT2D eigenvalue weighted by Crippen LogP contribution is 2.47. The molecular weight excluding hydrogens is 432 g/mol. The Balaban J connectivity index is 1.90. The van der Waals surface area contributed by atoms with Crippen LogP contribution in [0.2, 0.25) is 0 Å². The number of carbonyl (C=O) groups is 1. The van der Waals surface area contributed by atoms with Crippen molar-refractivity contribution < 1.29 is 14.5 Å².